The SMILES string of the molecule is C=[N+](C)C.O=P([O-])(Cl)Cl. The first-order chi connectivity index (χ1) is 3.73. The van der Waals surface area contributed by atoms with Gasteiger partial charge in [0.05, 0.1) is 0 Å². The normalized spacial score (nSPS) is 9.44. The van der Waals surface area contributed by atoms with Crippen molar-refractivity contribution in [2.75, 3.05) is 14.1 Å². The second kappa shape index (κ2) is 5.24. The highest BCUT2D eigenvalue weighted by atomic mass is 35.9. The molecule has 0 aliphatic heterocycles. The zero-order valence-corrected chi connectivity index (χ0v) is 7.58. The van der Waals surface area contributed by atoms with E-state index in [2.05, 4.69) is 29.2 Å². The Labute approximate surface area is 63.9 Å². The van der Waals surface area contributed by atoms with Crippen LogP contribution in [0.4, 0.5) is 0 Å². The Morgan fingerprint density at radius 1 is 1.56 bits per heavy atom. The first kappa shape index (κ1) is 12.1. The minimum Gasteiger partial charge on any atom is -0.776 e. The van der Waals surface area contributed by atoms with Crippen molar-refractivity contribution >= 4 is 35.3 Å². The number of halogens is 2. The molecule has 56 valence electrons. The predicted molar refractivity (Wildman–Crippen MR) is 38.5 cm³/mol. The summed E-state index contributed by atoms with van der Waals surface area (Å²) in [5, 5.41) is 0. The van der Waals surface area contributed by atoms with Crippen LogP contribution >= 0.6 is 28.6 Å². The molecule has 0 N–H and O–H groups in total. The van der Waals surface area contributed by atoms with Crippen molar-refractivity contribution in [3.8, 4) is 0 Å². The van der Waals surface area contributed by atoms with Gasteiger partial charge in [-0.1, -0.05) is 22.5 Å². The van der Waals surface area contributed by atoms with Crippen molar-refractivity contribution in [2.45, 2.75) is 0 Å². The maximum Gasteiger partial charge on any atom is 0.186 e. The van der Waals surface area contributed by atoms with E-state index in [-0.39, 0.29) is 0 Å². The summed E-state index contributed by atoms with van der Waals surface area (Å²) in [7, 11) is 3.78. The summed E-state index contributed by atoms with van der Waals surface area (Å²) >= 11 is 8.59. The molecule has 9 heavy (non-hydrogen) atoms. The van der Waals surface area contributed by atoms with Gasteiger partial charge in [0, 0.05) is 0 Å². The molecule has 3 nitrogen and oxygen atoms in total. The van der Waals surface area contributed by atoms with Crippen molar-refractivity contribution in [3.63, 3.8) is 0 Å². The van der Waals surface area contributed by atoms with Gasteiger partial charge in [-0.25, -0.2) is 4.58 Å². The van der Waals surface area contributed by atoms with Gasteiger partial charge in [-0.15, -0.1) is 0 Å². The molecule has 0 heterocycles. The lowest BCUT2D eigenvalue weighted by Crippen LogP contribution is -1.86. The Hall–Kier alpha value is 0.440. The topological polar surface area (TPSA) is 43.1 Å². The van der Waals surface area contributed by atoms with Crippen molar-refractivity contribution in [2.24, 2.45) is 0 Å². The number of hydrogen-bond donors (Lipinski definition) is 0. The zero-order chi connectivity index (χ0) is 8.08. The smallest absolute Gasteiger partial charge is 0.186 e. The maximum absolute atomic E-state index is 9.19. The van der Waals surface area contributed by atoms with Crippen molar-refractivity contribution in [1.82, 2.24) is 0 Å². The Morgan fingerprint density at radius 3 is 1.56 bits per heavy atom. The van der Waals surface area contributed by atoms with Gasteiger partial charge in [0.15, 0.2) is 6.07 Å². The van der Waals surface area contributed by atoms with E-state index in [1.165, 1.54) is 0 Å². The van der Waals surface area contributed by atoms with Crippen LogP contribution in [0.2, 0.25) is 0 Å². The van der Waals surface area contributed by atoms with Gasteiger partial charge in [0.25, 0.3) is 0 Å². The molecule has 0 aliphatic rings. The summed E-state index contributed by atoms with van der Waals surface area (Å²) < 4.78 is 10.9. The van der Waals surface area contributed by atoms with Crippen LogP contribution in [0, 0.1) is 0 Å². The highest BCUT2D eigenvalue weighted by molar-refractivity contribution is 8.03. The summed E-state index contributed by atoms with van der Waals surface area (Å²) in [6, 6.07) is 0. The second-order valence-corrected chi connectivity index (χ2v) is 5.51. The third-order valence-corrected chi connectivity index (χ3v) is 0. The van der Waals surface area contributed by atoms with Gasteiger partial charge in [-0.05, 0) is 0 Å². The van der Waals surface area contributed by atoms with E-state index < -0.39 is 6.07 Å². The van der Waals surface area contributed by atoms with Gasteiger partial charge in [-0.3, -0.25) is 0 Å². The summed E-state index contributed by atoms with van der Waals surface area (Å²) in [5.74, 6) is 0. The van der Waals surface area contributed by atoms with E-state index in [1.807, 2.05) is 14.1 Å². The van der Waals surface area contributed by atoms with Crippen LogP contribution in [0.5, 0.6) is 0 Å². The standard InChI is InChI=1S/C3H8N.Cl2HO2P/c1-4(2)3;1-5(2,3)4/h1H2,2-3H3;(H,3,4)/q+1;/p-1. The molecule has 0 unspecified atom stereocenters. The summed E-state index contributed by atoms with van der Waals surface area (Å²) in [6.45, 7) is 3.47. The second-order valence-electron chi connectivity index (χ2n) is 1.49. The van der Waals surface area contributed by atoms with Crippen molar-refractivity contribution in [1.29, 1.82) is 0 Å². The summed E-state index contributed by atoms with van der Waals surface area (Å²) in [4.78, 5) is 9.19. The fourth-order valence-electron chi connectivity index (χ4n) is 0. The van der Waals surface area contributed by atoms with Crippen LogP contribution in [0.3, 0.4) is 0 Å². The molecule has 0 saturated heterocycles. The lowest BCUT2D eigenvalue weighted by Gasteiger charge is -1.98. The quantitative estimate of drug-likeness (QED) is 0.325. The molecular weight excluding hydrogens is 184 g/mol. The molecule has 0 radical (unpaired) electrons. The molecule has 0 aromatic carbocycles. The van der Waals surface area contributed by atoms with Crippen LogP contribution in [-0.2, 0) is 4.57 Å². The average Bonchev–Trinajstić information content (AvgIpc) is 1.19. The molecule has 0 spiro atoms. The lowest BCUT2D eigenvalue weighted by molar-refractivity contribution is -0.454. The highest BCUT2D eigenvalue weighted by Crippen LogP contribution is 2.46. The molecule has 0 aliphatic carbocycles. The van der Waals surface area contributed by atoms with Gasteiger partial charge in [-0.2, -0.15) is 0 Å². The fourth-order valence-corrected chi connectivity index (χ4v) is 0. The van der Waals surface area contributed by atoms with Gasteiger partial charge in [0.1, 0.15) is 20.8 Å². The van der Waals surface area contributed by atoms with E-state index in [0.717, 1.165) is 0 Å². The first-order valence-electron chi connectivity index (χ1n) is 1.91. The van der Waals surface area contributed by atoms with Crippen LogP contribution in [0.25, 0.3) is 0 Å². The highest BCUT2D eigenvalue weighted by Gasteiger charge is 1.85. The minimum absolute atomic E-state index is 1.75. The molecular formula is C3H8Cl2NO2P. The molecule has 0 amide bonds. The largest absolute Gasteiger partial charge is 0.776 e. The molecule has 0 atom stereocenters. The van der Waals surface area contributed by atoms with Gasteiger partial charge in [0.2, 0.25) is 0 Å². The maximum atomic E-state index is 9.19. The van der Waals surface area contributed by atoms with E-state index >= 15 is 0 Å². The molecule has 6 heteroatoms. The van der Waals surface area contributed by atoms with Crippen molar-refractivity contribution < 1.29 is 14.0 Å². The minimum atomic E-state index is -3.94. The Kier molecular flexibility index (Phi) is 7.08. The molecule has 0 aromatic heterocycles. The van der Waals surface area contributed by atoms with Crippen LogP contribution < -0.4 is 4.89 Å². The zero-order valence-electron chi connectivity index (χ0n) is 5.17. The third kappa shape index (κ3) is 1810. The average molecular weight is 192 g/mol. The van der Waals surface area contributed by atoms with E-state index in [0.29, 0.717) is 0 Å². The van der Waals surface area contributed by atoms with Crippen LogP contribution in [0.1, 0.15) is 0 Å². The molecule has 0 rings (SSSR count). The molecule has 0 fully saturated rings. The van der Waals surface area contributed by atoms with E-state index in [9.17, 15) is 9.46 Å². The van der Waals surface area contributed by atoms with Crippen molar-refractivity contribution in [3.05, 3.63) is 0 Å². The van der Waals surface area contributed by atoms with Crippen LogP contribution in [0.15, 0.2) is 0 Å². The fraction of sp³-hybridized carbons (Fsp3) is 0.667. The molecule has 0 aromatic rings. The number of nitrogens with zero attached hydrogens (tertiary/aromatic N) is 1. The molecule has 0 saturated carbocycles. The first-order valence-corrected chi connectivity index (χ1v) is 5.35. The van der Waals surface area contributed by atoms with Crippen LogP contribution in [-0.4, -0.2) is 25.4 Å². The predicted octanol–water partition coefficient (Wildman–Crippen LogP) is 0.891. The third-order valence-electron chi connectivity index (χ3n) is 0. The van der Waals surface area contributed by atoms with E-state index in [1.54, 1.807) is 4.58 Å². The van der Waals surface area contributed by atoms with E-state index in [4.69, 9.17) is 0 Å². The number of hydrogen-bond acceptors (Lipinski definition) is 2. The Bertz CT molecular complexity index is 120. The Morgan fingerprint density at radius 2 is 1.56 bits per heavy atom. The summed E-state index contributed by atoms with van der Waals surface area (Å²) in [6.07, 6.45) is -3.94. The Balaban J connectivity index is 0. The summed E-state index contributed by atoms with van der Waals surface area (Å²) in [5.41, 5.74) is 0. The van der Waals surface area contributed by atoms with Gasteiger partial charge < -0.3 is 9.46 Å². The monoisotopic (exact) mass is 191 g/mol. The number of rotatable bonds is 0. The van der Waals surface area contributed by atoms with Gasteiger partial charge >= 0.3 is 0 Å². The molecule has 0 bridgehead atoms. The lowest BCUT2D eigenvalue weighted by atomic mass is 11.1.